The summed E-state index contributed by atoms with van der Waals surface area (Å²) in [4.78, 5) is 38.1. The highest BCUT2D eigenvalue weighted by molar-refractivity contribution is 5.71. The van der Waals surface area contributed by atoms with Gasteiger partial charge in [-0.15, -0.1) is 0 Å². The Morgan fingerprint density at radius 2 is 0.557 bits per heavy atom. The van der Waals surface area contributed by atoms with Crippen molar-refractivity contribution >= 4 is 17.9 Å². The topological polar surface area (TPSA) is 78.9 Å². The molecule has 0 saturated heterocycles. The summed E-state index contributed by atoms with van der Waals surface area (Å²) in [7, 11) is 0. The third-order valence-electron chi connectivity index (χ3n) is 11.1. The van der Waals surface area contributed by atoms with Gasteiger partial charge in [0.25, 0.3) is 0 Å². The summed E-state index contributed by atoms with van der Waals surface area (Å²) >= 11 is 0. The molecule has 0 N–H and O–H groups in total. The van der Waals surface area contributed by atoms with Crippen LogP contribution in [0, 0.1) is 0 Å². The van der Waals surface area contributed by atoms with E-state index in [2.05, 4.69) is 167 Å². The second-order valence-electron chi connectivity index (χ2n) is 17.7. The van der Waals surface area contributed by atoms with Crippen molar-refractivity contribution < 1.29 is 28.6 Å². The predicted molar refractivity (Wildman–Crippen MR) is 302 cm³/mol. The van der Waals surface area contributed by atoms with Gasteiger partial charge < -0.3 is 14.2 Å². The van der Waals surface area contributed by atoms with Crippen LogP contribution in [0.4, 0.5) is 0 Å². The van der Waals surface area contributed by atoms with Crippen molar-refractivity contribution in [3.63, 3.8) is 0 Å². The maximum absolute atomic E-state index is 12.8. The van der Waals surface area contributed by atoms with Gasteiger partial charge in [-0.25, -0.2) is 0 Å². The van der Waals surface area contributed by atoms with Gasteiger partial charge in [0, 0.05) is 19.3 Å². The minimum absolute atomic E-state index is 0.116. The van der Waals surface area contributed by atoms with Crippen LogP contribution >= 0.6 is 0 Å². The van der Waals surface area contributed by atoms with Gasteiger partial charge >= 0.3 is 17.9 Å². The smallest absolute Gasteiger partial charge is 0.306 e. The molecule has 70 heavy (non-hydrogen) atoms. The van der Waals surface area contributed by atoms with Gasteiger partial charge in [0.1, 0.15) is 13.2 Å². The number of ether oxygens (including phenoxy) is 3. The first-order valence-electron chi connectivity index (χ1n) is 27.8. The van der Waals surface area contributed by atoms with Crippen LogP contribution < -0.4 is 0 Å². The molecule has 0 aliphatic carbocycles. The van der Waals surface area contributed by atoms with Crippen molar-refractivity contribution in [2.75, 3.05) is 13.2 Å². The minimum atomic E-state index is -0.822. The van der Waals surface area contributed by atoms with E-state index in [1.807, 2.05) is 0 Å². The molecule has 0 aliphatic heterocycles. The lowest BCUT2D eigenvalue weighted by molar-refractivity contribution is -0.167. The number of esters is 3. The number of carbonyl (C=O) groups is 3. The zero-order chi connectivity index (χ0) is 50.7. The molecule has 0 aromatic carbocycles. The zero-order valence-electron chi connectivity index (χ0n) is 44.7. The van der Waals surface area contributed by atoms with Crippen molar-refractivity contribution in [3.05, 3.63) is 146 Å². The molecule has 0 aliphatic rings. The lowest BCUT2D eigenvalue weighted by atomic mass is 10.1. The van der Waals surface area contributed by atoms with E-state index >= 15 is 0 Å². The summed E-state index contributed by atoms with van der Waals surface area (Å²) < 4.78 is 16.8. The molecule has 0 rings (SSSR count). The Labute approximate surface area is 429 Å². The zero-order valence-corrected chi connectivity index (χ0v) is 44.7. The average molecular weight is 965 g/mol. The molecule has 0 aromatic heterocycles. The van der Waals surface area contributed by atoms with Crippen LogP contribution in [-0.2, 0) is 28.6 Å². The third kappa shape index (κ3) is 54.2. The fraction of sp³-hybridized carbons (Fsp3) is 0.578. The third-order valence-corrected chi connectivity index (χ3v) is 11.1. The van der Waals surface area contributed by atoms with E-state index in [1.165, 1.54) is 19.3 Å². The van der Waals surface area contributed by atoms with Crippen molar-refractivity contribution in [1.29, 1.82) is 0 Å². The molecule has 1 unspecified atom stereocenters. The van der Waals surface area contributed by atoms with Gasteiger partial charge in [0.2, 0.25) is 0 Å². The Kier molecular flexibility index (Phi) is 53.0. The number of hydrogen-bond acceptors (Lipinski definition) is 6. The molecule has 0 aromatic rings. The molecule has 0 fully saturated rings. The number of unbranched alkanes of at least 4 members (excludes halogenated alkanes) is 13. The number of allylic oxidation sites excluding steroid dienone is 24. The molecule has 0 spiro atoms. The summed E-state index contributed by atoms with van der Waals surface area (Å²) in [6.45, 7) is 6.28. The SMILES string of the molecule is CC/C=C\C/C=C\C/C=C\C/C=C\C/C=C\CCCCCC(=O)OCC(COC(=O)CCCCCCC/C=C\C/C=C\CCCC)OC(=O)CCCCC/C=C\C/C=C\C/C=C\C/C=C\C/C=C\CC. The van der Waals surface area contributed by atoms with E-state index in [4.69, 9.17) is 14.2 Å². The molecule has 0 amide bonds. The summed E-state index contributed by atoms with van der Waals surface area (Å²) in [5.41, 5.74) is 0. The van der Waals surface area contributed by atoms with Gasteiger partial charge in [-0.1, -0.05) is 212 Å². The molecule has 0 radical (unpaired) electrons. The molecule has 392 valence electrons. The van der Waals surface area contributed by atoms with Crippen molar-refractivity contribution in [2.24, 2.45) is 0 Å². The monoisotopic (exact) mass is 965 g/mol. The number of hydrogen-bond donors (Lipinski definition) is 0. The number of rotatable bonds is 48. The highest BCUT2D eigenvalue weighted by Gasteiger charge is 2.19. The largest absolute Gasteiger partial charge is 0.462 e. The van der Waals surface area contributed by atoms with Gasteiger partial charge in [0.15, 0.2) is 6.10 Å². The fourth-order valence-electron chi connectivity index (χ4n) is 6.92. The van der Waals surface area contributed by atoms with E-state index in [1.54, 1.807) is 0 Å². The van der Waals surface area contributed by atoms with Crippen molar-refractivity contribution in [1.82, 2.24) is 0 Å². The van der Waals surface area contributed by atoms with Gasteiger partial charge in [0.05, 0.1) is 0 Å². The van der Waals surface area contributed by atoms with Crippen LogP contribution in [0.15, 0.2) is 146 Å². The first kappa shape index (κ1) is 65.3. The van der Waals surface area contributed by atoms with Crippen LogP contribution in [-0.4, -0.2) is 37.2 Å². The van der Waals surface area contributed by atoms with Crippen LogP contribution in [0.1, 0.15) is 220 Å². The van der Waals surface area contributed by atoms with E-state index in [-0.39, 0.29) is 37.5 Å². The Hall–Kier alpha value is -4.71. The molecule has 6 nitrogen and oxygen atoms in total. The Bertz CT molecular complexity index is 1580. The summed E-state index contributed by atoms with van der Waals surface area (Å²) in [6, 6.07) is 0. The number of carbonyl (C=O) groups excluding carboxylic acids is 3. The van der Waals surface area contributed by atoms with Crippen LogP contribution in [0.25, 0.3) is 0 Å². The Morgan fingerprint density at radius 1 is 0.300 bits per heavy atom. The van der Waals surface area contributed by atoms with Gasteiger partial charge in [-0.3, -0.25) is 14.4 Å². The molecule has 0 bridgehead atoms. The first-order chi connectivity index (χ1) is 34.5. The molecule has 6 heteroatoms. The second kappa shape index (κ2) is 56.9. The maximum atomic E-state index is 12.8. The molecule has 0 heterocycles. The van der Waals surface area contributed by atoms with Crippen LogP contribution in [0.2, 0.25) is 0 Å². The molecule has 0 saturated carbocycles. The lowest BCUT2D eigenvalue weighted by Crippen LogP contribution is -2.30. The maximum Gasteiger partial charge on any atom is 0.306 e. The van der Waals surface area contributed by atoms with E-state index in [0.717, 1.165) is 154 Å². The van der Waals surface area contributed by atoms with Crippen LogP contribution in [0.3, 0.4) is 0 Å². The van der Waals surface area contributed by atoms with E-state index < -0.39 is 6.10 Å². The lowest BCUT2D eigenvalue weighted by Gasteiger charge is -2.18. The van der Waals surface area contributed by atoms with Gasteiger partial charge in [-0.05, 0) is 135 Å². The quantitative estimate of drug-likeness (QED) is 0.0262. The predicted octanol–water partition coefficient (Wildman–Crippen LogP) is 18.8. The highest BCUT2D eigenvalue weighted by atomic mass is 16.6. The van der Waals surface area contributed by atoms with E-state index in [0.29, 0.717) is 19.3 Å². The second-order valence-corrected chi connectivity index (χ2v) is 17.7. The van der Waals surface area contributed by atoms with E-state index in [9.17, 15) is 14.4 Å². The molecular weight excluding hydrogens is 865 g/mol. The molecular formula is C64H100O6. The Morgan fingerprint density at radius 3 is 0.886 bits per heavy atom. The highest BCUT2D eigenvalue weighted by Crippen LogP contribution is 2.12. The first-order valence-corrected chi connectivity index (χ1v) is 27.8. The standard InChI is InChI=1S/C64H100O6/c1-4-7-10-13-16-19-22-25-28-30-32-34-36-39-42-45-48-51-54-57-63(66)69-60-61(59-68-62(65)56-53-50-47-44-41-38-27-24-21-18-15-12-9-6-3)70-64(67)58-55-52-49-46-43-40-37-35-33-31-29-26-23-20-17-14-11-8-5-2/h7-8,10-11,15-20,24-29,32-35,39-40,42-43,61H,4-6,9,12-14,21-23,30-31,36-38,41,44-60H2,1-3H3/b10-7-,11-8-,18-15-,19-16-,20-17-,27-24-,28-25-,29-26-,34-32-,35-33-,42-39-,43-40-. The summed E-state index contributed by atoms with van der Waals surface area (Å²) in [5.74, 6) is -1.00. The summed E-state index contributed by atoms with van der Waals surface area (Å²) in [5, 5.41) is 0. The van der Waals surface area contributed by atoms with Crippen molar-refractivity contribution in [3.8, 4) is 0 Å². The van der Waals surface area contributed by atoms with Gasteiger partial charge in [-0.2, -0.15) is 0 Å². The average Bonchev–Trinajstić information content (AvgIpc) is 3.36. The summed E-state index contributed by atoms with van der Waals surface area (Å²) in [6.07, 6.45) is 81.1. The Balaban J connectivity index is 4.56. The fourth-order valence-corrected chi connectivity index (χ4v) is 6.92. The van der Waals surface area contributed by atoms with Crippen LogP contribution in [0.5, 0.6) is 0 Å². The van der Waals surface area contributed by atoms with Crippen molar-refractivity contribution in [2.45, 2.75) is 226 Å². The molecule has 1 atom stereocenters. The normalized spacial score (nSPS) is 13.2. The minimum Gasteiger partial charge on any atom is -0.462 e.